The monoisotopic (exact) mass is 345 g/mol. The van der Waals surface area contributed by atoms with Gasteiger partial charge in [-0.15, -0.1) is 11.3 Å². The van der Waals surface area contributed by atoms with Crippen LogP contribution in [0.1, 0.15) is 18.4 Å². The summed E-state index contributed by atoms with van der Waals surface area (Å²) < 4.78 is 15.7. The smallest absolute Gasteiger partial charge is 0.277 e. The normalized spacial score (nSPS) is 14.4. The van der Waals surface area contributed by atoms with E-state index in [1.54, 1.807) is 12.1 Å². The lowest BCUT2D eigenvalue weighted by molar-refractivity contribution is 0.183. The number of aromatic nitrogens is 4. The molecule has 1 aliphatic carbocycles. The van der Waals surface area contributed by atoms with Gasteiger partial charge in [-0.05, 0) is 58.5 Å². The van der Waals surface area contributed by atoms with Gasteiger partial charge in [-0.25, -0.2) is 9.18 Å². The van der Waals surface area contributed by atoms with Crippen LogP contribution in [0.5, 0.6) is 0 Å². The van der Waals surface area contributed by atoms with Crippen molar-refractivity contribution in [3.05, 3.63) is 63.6 Å². The quantitative estimate of drug-likeness (QED) is 0.688. The predicted octanol–water partition coefficient (Wildman–Crippen LogP) is 2.25. The van der Waals surface area contributed by atoms with E-state index in [4.69, 9.17) is 0 Å². The molecular formula is C16H16FN5OS. The van der Waals surface area contributed by atoms with Gasteiger partial charge in [-0.3, -0.25) is 4.90 Å². The van der Waals surface area contributed by atoms with Crippen LogP contribution in [-0.2, 0) is 13.2 Å². The predicted molar refractivity (Wildman–Crippen MR) is 88.5 cm³/mol. The van der Waals surface area contributed by atoms with Gasteiger partial charge in [-0.2, -0.15) is 9.36 Å². The molecule has 0 aliphatic heterocycles. The Morgan fingerprint density at radius 3 is 2.67 bits per heavy atom. The van der Waals surface area contributed by atoms with E-state index in [0.29, 0.717) is 19.3 Å². The zero-order valence-electron chi connectivity index (χ0n) is 12.9. The maximum atomic E-state index is 13.1. The number of tetrazole rings is 1. The van der Waals surface area contributed by atoms with Crippen molar-refractivity contribution in [1.82, 2.24) is 24.7 Å². The minimum absolute atomic E-state index is 0.244. The Bertz CT molecular complexity index is 867. The molecule has 1 saturated carbocycles. The molecule has 0 N–H and O–H groups in total. The van der Waals surface area contributed by atoms with Gasteiger partial charge in [0, 0.05) is 12.6 Å². The Balaban J connectivity index is 1.54. The van der Waals surface area contributed by atoms with E-state index in [2.05, 4.69) is 15.3 Å². The first kappa shape index (κ1) is 15.2. The standard InChI is InChI=1S/C16H16FN5OS/c17-13-5-3-12(4-6-13)10-20(14-7-8-14)11-21-16(23)22(19-18-21)15-2-1-9-24-15/h1-6,9,14H,7-8,10-11H2. The molecule has 4 rings (SSSR count). The molecule has 0 bridgehead atoms. The van der Waals surface area contributed by atoms with E-state index < -0.39 is 0 Å². The molecule has 3 aromatic rings. The molecule has 8 heteroatoms. The van der Waals surface area contributed by atoms with Gasteiger partial charge in [0.2, 0.25) is 0 Å². The lowest BCUT2D eigenvalue weighted by atomic mass is 10.2. The van der Waals surface area contributed by atoms with Crippen molar-refractivity contribution in [2.75, 3.05) is 0 Å². The minimum atomic E-state index is -0.248. The van der Waals surface area contributed by atoms with E-state index in [9.17, 15) is 9.18 Å². The molecule has 24 heavy (non-hydrogen) atoms. The molecule has 0 saturated heterocycles. The molecule has 0 spiro atoms. The molecule has 6 nitrogen and oxygen atoms in total. The summed E-state index contributed by atoms with van der Waals surface area (Å²) in [5.41, 5.74) is 0.768. The highest BCUT2D eigenvalue weighted by Gasteiger charge is 2.30. The van der Waals surface area contributed by atoms with Crippen LogP contribution >= 0.6 is 11.3 Å². The highest BCUT2D eigenvalue weighted by atomic mass is 32.1. The summed E-state index contributed by atoms with van der Waals surface area (Å²) in [5.74, 6) is -0.244. The molecule has 0 amide bonds. The topological polar surface area (TPSA) is 56.0 Å². The third kappa shape index (κ3) is 3.15. The maximum absolute atomic E-state index is 13.1. The van der Waals surface area contributed by atoms with Crippen LogP contribution in [0.25, 0.3) is 5.00 Å². The second-order valence-electron chi connectivity index (χ2n) is 5.87. The van der Waals surface area contributed by atoms with Crippen LogP contribution < -0.4 is 5.69 Å². The molecule has 2 heterocycles. The minimum Gasteiger partial charge on any atom is -0.277 e. The molecule has 0 atom stereocenters. The van der Waals surface area contributed by atoms with Crippen LogP contribution in [0, 0.1) is 5.82 Å². The summed E-state index contributed by atoms with van der Waals surface area (Å²) in [6, 6.07) is 10.6. The molecule has 1 aromatic carbocycles. The summed E-state index contributed by atoms with van der Waals surface area (Å²) in [5, 5.41) is 10.6. The van der Waals surface area contributed by atoms with Gasteiger partial charge in [-0.1, -0.05) is 12.1 Å². The van der Waals surface area contributed by atoms with E-state index in [0.717, 1.165) is 23.4 Å². The van der Waals surface area contributed by atoms with Gasteiger partial charge in [0.25, 0.3) is 0 Å². The zero-order valence-corrected chi connectivity index (χ0v) is 13.7. The average Bonchev–Trinajstić information content (AvgIpc) is 3.17. The van der Waals surface area contributed by atoms with Crippen LogP contribution in [0.2, 0.25) is 0 Å². The van der Waals surface area contributed by atoms with Crippen LogP contribution in [0.4, 0.5) is 4.39 Å². The number of hydrogen-bond acceptors (Lipinski definition) is 5. The lowest BCUT2D eigenvalue weighted by Gasteiger charge is -2.21. The number of thiophene rings is 1. The van der Waals surface area contributed by atoms with Gasteiger partial charge < -0.3 is 0 Å². The Hall–Kier alpha value is -2.32. The SMILES string of the molecule is O=c1n(CN(Cc2ccc(F)cc2)C2CC2)nnn1-c1cccs1. The first-order valence-corrected chi connectivity index (χ1v) is 8.64. The number of rotatable bonds is 6. The molecule has 124 valence electrons. The molecule has 0 radical (unpaired) electrons. The highest BCUT2D eigenvalue weighted by Crippen LogP contribution is 2.28. The summed E-state index contributed by atoms with van der Waals surface area (Å²) in [4.78, 5) is 14.7. The number of benzene rings is 1. The van der Waals surface area contributed by atoms with Crippen molar-refractivity contribution in [2.45, 2.75) is 32.1 Å². The number of halogens is 1. The van der Waals surface area contributed by atoms with Crippen molar-refractivity contribution in [1.29, 1.82) is 0 Å². The molecule has 1 aliphatic rings. The van der Waals surface area contributed by atoms with Crippen molar-refractivity contribution >= 4 is 11.3 Å². The lowest BCUT2D eigenvalue weighted by Crippen LogP contribution is -2.34. The Morgan fingerprint density at radius 1 is 1.21 bits per heavy atom. The fourth-order valence-corrected chi connectivity index (χ4v) is 3.29. The van der Waals surface area contributed by atoms with Crippen molar-refractivity contribution in [3.8, 4) is 5.00 Å². The average molecular weight is 345 g/mol. The first-order chi connectivity index (χ1) is 11.7. The second-order valence-corrected chi connectivity index (χ2v) is 6.80. The van der Waals surface area contributed by atoms with Gasteiger partial charge in [0.05, 0.1) is 0 Å². The fraction of sp³-hybridized carbons (Fsp3) is 0.312. The Morgan fingerprint density at radius 2 is 2.00 bits per heavy atom. The molecule has 1 fully saturated rings. The Kier molecular flexibility index (Phi) is 3.99. The van der Waals surface area contributed by atoms with Crippen molar-refractivity contribution in [2.24, 2.45) is 0 Å². The van der Waals surface area contributed by atoms with Crippen LogP contribution in [0.3, 0.4) is 0 Å². The van der Waals surface area contributed by atoms with E-state index >= 15 is 0 Å². The largest absolute Gasteiger partial charge is 0.370 e. The second kappa shape index (κ2) is 6.29. The molecule has 2 aromatic heterocycles. The van der Waals surface area contributed by atoms with Crippen molar-refractivity contribution < 1.29 is 4.39 Å². The van der Waals surface area contributed by atoms with Gasteiger partial charge in [0.15, 0.2) is 0 Å². The van der Waals surface area contributed by atoms with E-state index in [1.807, 2.05) is 17.5 Å². The summed E-state index contributed by atoms with van der Waals surface area (Å²) in [6.07, 6.45) is 2.21. The van der Waals surface area contributed by atoms with Gasteiger partial charge >= 0.3 is 5.69 Å². The summed E-state index contributed by atoms with van der Waals surface area (Å²) >= 11 is 1.44. The number of hydrogen-bond donors (Lipinski definition) is 0. The summed E-state index contributed by atoms with van der Waals surface area (Å²) in [7, 11) is 0. The maximum Gasteiger partial charge on any atom is 0.370 e. The van der Waals surface area contributed by atoms with Crippen molar-refractivity contribution in [3.63, 3.8) is 0 Å². The number of nitrogens with zero attached hydrogens (tertiary/aromatic N) is 5. The first-order valence-electron chi connectivity index (χ1n) is 7.76. The highest BCUT2D eigenvalue weighted by molar-refractivity contribution is 7.12. The molecular weight excluding hydrogens is 329 g/mol. The third-order valence-electron chi connectivity index (χ3n) is 4.03. The van der Waals surface area contributed by atoms with Crippen LogP contribution in [0.15, 0.2) is 46.6 Å². The van der Waals surface area contributed by atoms with E-state index in [-0.39, 0.29) is 11.5 Å². The summed E-state index contributed by atoms with van der Waals surface area (Å²) in [6.45, 7) is 1.04. The zero-order chi connectivity index (χ0) is 16.5. The van der Waals surface area contributed by atoms with Gasteiger partial charge in [0.1, 0.15) is 17.5 Å². The Labute approximate surface area is 141 Å². The molecule has 0 unspecified atom stereocenters. The fourth-order valence-electron chi connectivity index (χ4n) is 2.62. The third-order valence-corrected chi connectivity index (χ3v) is 4.88. The van der Waals surface area contributed by atoms with Crippen LogP contribution in [-0.4, -0.2) is 30.7 Å². The van der Waals surface area contributed by atoms with E-state index in [1.165, 1.54) is 32.8 Å².